The van der Waals surface area contributed by atoms with Gasteiger partial charge in [0.2, 0.25) is 5.88 Å². The summed E-state index contributed by atoms with van der Waals surface area (Å²) in [6, 6.07) is 6.38. The lowest BCUT2D eigenvalue weighted by molar-refractivity contribution is 0.102. The number of hydrogen-bond acceptors (Lipinski definition) is 6. The van der Waals surface area contributed by atoms with Gasteiger partial charge in [-0.25, -0.2) is 4.39 Å². The fraction of sp³-hybridized carbons (Fsp3) is 0.385. The lowest BCUT2D eigenvalue weighted by atomic mass is 10.1. The number of nitrogens with one attached hydrogen (secondary N) is 1. The van der Waals surface area contributed by atoms with Gasteiger partial charge in [0.15, 0.2) is 0 Å². The summed E-state index contributed by atoms with van der Waals surface area (Å²) in [5, 5.41) is 12.9. The van der Waals surface area contributed by atoms with Gasteiger partial charge >= 0.3 is 0 Å². The maximum atomic E-state index is 13.6. The van der Waals surface area contributed by atoms with E-state index in [1.165, 1.54) is 12.3 Å². The highest BCUT2D eigenvalue weighted by atomic mass is 32.1. The fourth-order valence-corrected chi connectivity index (χ4v) is 2.07. The van der Waals surface area contributed by atoms with E-state index in [0.29, 0.717) is 18.0 Å². The van der Waals surface area contributed by atoms with Crippen molar-refractivity contribution in [2.75, 3.05) is 13.2 Å². The first-order valence-corrected chi connectivity index (χ1v) is 6.96. The summed E-state index contributed by atoms with van der Waals surface area (Å²) >= 11 is 1.04. The molecular formula is C13H16FN3O2S. The molecule has 2 N–H and O–H groups in total. The third-order valence-electron chi connectivity index (χ3n) is 2.80. The van der Waals surface area contributed by atoms with Crippen molar-refractivity contribution in [3.8, 4) is 5.88 Å². The van der Waals surface area contributed by atoms with Gasteiger partial charge in [0.25, 0.3) is 0 Å². The van der Waals surface area contributed by atoms with E-state index < -0.39 is 6.10 Å². The van der Waals surface area contributed by atoms with Crippen LogP contribution >= 0.6 is 11.7 Å². The van der Waals surface area contributed by atoms with Gasteiger partial charge in [-0.3, -0.25) is 0 Å². The third-order valence-corrected chi connectivity index (χ3v) is 3.26. The average molecular weight is 297 g/mol. The fourth-order valence-electron chi connectivity index (χ4n) is 1.71. The monoisotopic (exact) mass is 297 g/mol. The zero-order valence-corrected chi connectivity index (χ0v) is 11.8. The van der Waals surface area contributed by atoms with Crippen molar-refractivity contribution >= 4 is 11.7 Å². The molecule has 0 spiro atoms. The molecule has 7 heteroatoms. The van der Waals surface area contributed by atoms with E-state index in [0.717, 1.165) is 11.7 Å². The molecule has 0 saturated heterocycles. The van der Waals surface area contributed by atoms with E-state index in [9.17, 15) is 9.50 Å². The first-order chi connectivity index (χ1) is 9.66. The number of hydrogen-bond donors (Lipinski definition) is 2. The quantitative estimate of drug-likeness (QED) is 0.815. The van der Waals surface area contributed by atoms with Crippen molar-refractivity contribution in [3.05, 3.63) is 41.8 Å². The predicted molar refractivity (Wildman–Crippen MR) is 74.2 cm³/mol. The molecule has 0 amide bonds. The Labute approximate surface area is 120 Å². The first kappa shape index (κ1) is 14.8. The number of ether oxygens (including phenoxy) is 1. The van der Waals surface area contributed by atoms with Gasteiger partial charge in [0.05, 0.1) is 11.7 Å². The zero-order chi connectivity index (χ0) is 14.4. The van der Waals surface area contributed by atoms with E-state index in [-0.39, 0.29) is 18.5 Å². The van der Waals surface area contributed by atoms with E-state index in [2.05, 4.69) is 14.1 Å². The normalized spacial score (nSPS) is 13.9. The van der Waals surface area contributed by atoms with Crippen molar-refractivity contribution in [2.24, 2.45) is 0 Å². The maximum absolute atomic E-state index is 13.6. The Hall–Kier alpha value is -1.57. The Morgan fingerprint density at radius 2 is 2.25 bits per heavy atom. The van der Waals surface area contributed by atoms with Gasteiger partial charge in [0.1, 0.15) is 24.7 Å². The summed E-state index contributed by atoms with van der Waals surface area (Å²) in [5.41, 5.74) is 0.573. The van der Waals surface area contributed by atoms with Gasteiger partial charge in [-0.05, 0) is 13.0 Å². The van der Waals surface area contributed by atoms with Crippen molar-refractivity contribution in [3.63, 3.8) is 0 Å². The number of halogens is 1. The van der Waals surface area contributed by atoms with Crippen LogP contribution in [-0.2, 0) is 0 Å². The average Bonchev–Trinajstić information content (AvgIpc) is 2.96. The molecule has 1 heterocycles. The second-order valence-electron chi connectivity index (χ2n) is 4.36. The van der Waals surface area contributed by atoms with Gasteiger partial charge in [-0.1, -0.05) is 18.2 Å². The molecule has 2 aromatic rings. The van der Waals surface area contributed by atoms with E-state index in [4.69, 9.17) is 4.74 Å². The molecule has 0 fully saturated rings. The highest BCUT2D eigenvalue weighted by molar-refractivity contribution is 6.99. The molecule has 5 nitrogen and oxygen atoms in total. The summed E-state index contributed by atoms with van der Waals surface area (Å²) in [4.78, 5) is 0. The third kappa shape index (κ3) is 4.22. The molecule has 2 rings (SSSR count). The molecular weight excluding hydrogens is 281 g/mol. The number of aliphatic hydroxyl groups is 1. The van der Waals surface area contributed by atoms with Crippen LogP contribution < -0.4 is 10.1 Å². The van der Waals surface area contributed by atoms with Crippen LogP contribution in [0.15, 0.2) is 30.5 Å². The van der Waals surface area contributed by atoms with E-state index in [1.807, 2.05) is 6.92 Å². The Bertz CT molecular complexity index is 524. The minimum atomic E-state index is -0.703. The van der Waals surface area contributed by atoms with Crippen molar-refractivity contribution < 1.29 is 14.2 Å². The van der Waals surface area contributed by atoms with E-state index >= 15 is 0 Å². The van der Waals surface area contributed by atoms with Crippen LogP contribution in [0, 0.1) is 5.82 Å². The van der Waals surface area contributed by atoms with Crippen molar-refractivity contribution in [1.82, 2.24) is 14.1 Å². The van der Waals surface area contributed by atoms with Crippen LogP contribution in [0.2, 0.25) is 0 Å². The largest absolute Gasteiger partial charge is 0.473 e. The van der Waals surface area contributed by atoms with Gasteiger partial charge in [-0.15, -0.1) is 4.37 Å². The first-order valence-electron chi connectivity index (χ1n) is 6.23. The number of rotatable bonds is 7. The van der Waals surface area contributed by atoms with Crippen LogP contribution in [0.25, 0.3) is 0 Å². The van der Waals surface area contributed by atoms with Crippen LogP contribution in [0.4, 0.5) is 4.39 Å². The number of aromatic nitrogens is 2. The standard InChI is InChI=1S/C13H16FN3O2S/c1-9(11-4-2-3-5-12(11)14)15-6-10(18)8-19-13-7-16-20-17-13/h2-5,7,9-10,15,18H,6,8H2,1H3. The molecule has 0 saturated carbocycles. The minimum absolute atomic E-state index is 0.113. The Balaban J connectivity index is 1.75. The minimum Gasteiger partial charge on any atom is -0.473 e. The molecule has 0 bridgehead atoms. The molecule has 108 valence electrons. The summed E-state index contributed by atoms with van der Waals surface area (Å²) in [7, 11) is 0. The number of nitrogens with zero attached hydrogens (tertiary/aromatic N) is 2. The van der Waals surface area contributed by atoms with Gasteiger partial charge in [-0.2, -0.15) is 4.37 Å². The smallest absolute Gasteiger partial charge is 0.245 e. The topological polar surface area (TPSA) is 67.3 Å². The van der Waals surface area contributed by atoms with Gasteiger partial charge < -0.3 is 15.2 Å². The van der Waals surface area contributed by atoms with E-state index in [1.54, 1.807) is 18.2 Å². The van der Waals surface area contributed by atoms with Crippen LogP contribution in [0.1, 0.15) is 18.5 Å². The molecule has 0 radical (unpaired) electrons. The number of aliphatic hydroxyl groups excluding tert-OH is 1. The second kappa shape index (κ2) is 7.28. The molecule has 2 unspecified atom stereocenters. The molecule has 2 atom stereocenters. The second-order valence-corrected chi connectivity index (χ2v) is 4.92. The van der Waals surface area contributed by atoms with Gasteiger partial charge in [0, 0.05) is 18.2 Å². The van der Waals surface area contributed by atoms with Crippen LogP contribution in [0.5, 0.6) is 5.88 Å². The summed E-state index contributed by atoms with van der Waals surface area (Å²) in [6.07, 6.45) is 0.790. The number of benzene rings is 1. The molecule has 20 heavy (non-hydrogen) atoms. The lowest BCUT2D eigenvalue weighted by Crippen LogP contribution is -2.33. The summed E-state index contributed by atoms with van der Waals surface area (Å²) in [6.45, 7) is 2.26. The van der Waals surface area contributed by atoms with Crippen molar-refractivity contribution in [1.29, 1.82) is 0 Å². The molecule has 0 aliphatic rings. The molecule has 0 aliphatic carbocycles. The SMILES string of the molecule is CC(NCC(O)COc1cnsn1)c1ccccc1F. The van der Waals surface area contributed by atoms with Crippen molar-refractivity contribution in [2.45, 2.75) is 19.1 Å². The molecule has 0 aliphatic heterocycles. The zero-order valence-electron chi connectivity index (χ0n) is 11.0. The Morgan fingerprint density at radius 1 is 1.45 bits per heavy atom. The summed E-state index contributed by atoms with van der Waals surface area (Å²) in [5.74, 6) is 0.142. The maximum Gasteiger partial charge on any atom is 0.245 e. The summed E-state index contributed by atoms with van der Waals surface area (Å²) < 4.78 is 26.5. The van der Waals surface area contributed by atoms with Crippen LogP contribution in [-0.4, -0.2) is 33.1 Å². The highest BCUT2D eigenvalue weighted by Crippen LogP contribution is 2.15. The van der Waals surface area contributed by atoms with Crippen LogP contribution in [0.3, 0.4) is 0 Å². The highest BCUT2D eigenvalue weighted by Gasteiger charge is 2.12. The Morgan fingerprint density at radius 3 is 2.95 bits per heavy atom. The Kier molecular flexibility index (Phi) is 5.40. The predicted octanol–water partition coefficient (Wildman–Crippen LogP) is 1.77. The lowest BCUT2D eigenvalue weighted by Gasteiger charge is -2.17. The molecule has 1 aromatic heterocycles. The molecule has 1 aromatic carbocycles.